The molecular weight excluding hydrogens is 344 g/mol. The molecule has 0 aliphatic carbocycles. The Morgan fingerprint density at radius 3 is 2.69 bits per heavy atom. The van der Waals surface area contributed by atoms with Gasteiger partial charge >= 0.3 is 5.97 Å². The summed E-state index contributed by atoms with van der Waals surface area (Å²) >= 11 is 0. The molecule has 0 unspecified atom stereocenters. The minimum atomic E-state index is -3.15. The van der Waals surface area contributed by atoms with Crippen molar-refractivity contribution in [2.24, 2.45) is 0 Å². The number of esters is 1. The van der Waals surface area contributed by atoms with Crippen LogP contribution in [0.2, 0.25) is 0 Å². The Kier molecular flexibility index (Phi) is 4.41. The molecule has 3 rings (SSSR count). The molecule has 0 bridgehead atoms. The average molecular weight is 359 g/mol. The highest BCUT2D eigenvalue weighted by molar-refractivity contribution is 5.95. The summed E-state index contributed by atoms with van der Waals surface area (Å²) < 4.78 is 33.3. The van der Waals surface area contributed by atoms with E-state index in [0.717, 1.165) is 4.52 Å². The summed E-state index contributed by atoms with van der Waals surface area (Å²) in [6.45, 7) is 4.96. The number of hydrogen-bond acceptors (Lipinski definition) is 4. The topological polar surface area (TPSA) is 76.5 Å². The number of fused-ring (bicyclic) bond motifs is 1. The van der Waals surface area contributed by atoms with Gasteiger partial charge in [0.2, 0.25) is 0 Å². The number of halogens is 2. The highest BCUT2D eigenvalue weighted by Crippen LogP contribution is 2.30. The van der Waals surface area contributed by atoms with E-state index in [4.69, 9.17) is 4.74 Å². The van der Waals surface area contributed by atoms with Crippen LogP contribution in [0.25, 0.3) is 16.9 Å². The van der Waals surface area contributed by atoms with E-state index in [-0.39, 0.29) is 29.1 Å². The number of allylic oxidation sites excluding steroid dienone is 1. The van der Waals surface area contributed by atoms with E-state index in [0.29, 0.717) is 11.6 Å². The normalized spacial score (nSPS) is 11.5. The number of hydrogen-bond donors (Lipinski definition) is 1. The first kappa shape index (κ1) is 17.5. The van der Waals surface area contributed by atoms with E-state index in [1.165, 1.54) is 36.5 Å². The lowest BCUT2D eigenvalue weighted by Gasteiger charge is -2.12. The smallest absolute Gasteiger partial charge is 0.343 e. The molecule has 0 aliphatic heterocycles. The third-order valence-corrected chi connectivity index (χ3v) is 3.81. The molecule has 2 heterocycles. The molecule has 134 valence electrons. The van der Waals surface area contributed by atoms with Crippen molar-refractivity contribution in [2.45, 2.75) is 12.8 Å². The maximum atomic E-state index is 13.6. The van der Waals surface area contributed by atoms with Crippen molar-refractivity contribution in [3.05, 3.63) is 70.7 Å². The van der Waals surface area contributed by atoms with Crippen LogP contribution in [0.4, 0.5) is 8.78 Å². The minimum Gasteiger partial charge on any atom is -0.462 e. The van der Waals surface area contributed by atoms with Crippen molar-refractivity contribution in [1.29, 1.82) is 0 Å². The van der Waals surface area contributed by atoms with E-state index >= 15 is 0 Å². The van der Waals surface area contributed by atoms with Gasteiger partial charge in [-0.25, -0.2) is 14.3 Å². The van der Waals surface area contributed by atoms with Gasteiger partial charge in [-0.1, -0.05) is 30.8 Å². The summed E-state index contributed by atoms with van der Waals surface area (Å²) in [6, 6.07) is 6.59. The Morgan fingerprint density at radius 1 is 1.38 bits per heavy atom. The first-order valence-electron chi connectivity index (χ1n) is 7.78. The molecule has 1 N–H and O–H groups in total. The van der Waals surface area contributed by atoms with Gasteiger partial charge in [0.15, 0.2) is 5.65 Å². The highest BCUT2D eigenvalue weighted by Gasteiger charge is 2.26. The number of ether oxygens (including phenoxy) is 1. The molecule has 0 amide bonds. The van der Waals surface area contributed by atoms with Crippen molar-refractivity contribution < 1.29 is 18.3 Å². The zero-order chi connectivity index (χ0) is 18.9. The van der Waals surface area contributed by atoms with Crippen LogP contribution in [0, 0.1) is 0 Å². The zero-order valence-electron chi connectivity index (χ0n) is 13.8. The summed E-state index contributed by atoms with van der Waals surface area (Å²) in [5.74, 6) is -3.76. The number of alkyl halides is 2. The summed E-state index contributed by atoms with van der Waals surface area (Å²) in [6.07, 6.45) is 1.89. The van der Waals surface area contributed by atoms with Gasteiger partial charge in [-0.15, -0.1) is 0 Å². The van der Waals surface area contributed by atoms with Gasteiger partial charge < -0.3 is 4.74 Å². The Hall–Kier alpha value is -3.29. The molecule has 0 atom stereocenters. The standard InChI is InChI=1S/C18H15F2N3O3/c1-3-18(19,20)12-7-5-11(6-8-12)14-9-15(24)23-16(22-14)13(10-21-23)17(25)26-4-2/h3,5-10,21H,1,4H2,2H3. The number of nitrogens with one attached hydrogen (secondary N) is 1. The van der Waals surface area contributed by atoms with Crippen molar-refractivity contribution in [2.75, 3.05) is 6.61 Å². The summed E-state index contributed by atoms with van der Waals surface area (Å²) in [4.78, 5) is 28.5. The van der Waals surface area contributed by atoms with Crippen LogP contribution in [0.1, 0.15) is 22.8 Å². The second-order valence-corrected chi connectivity index (χ2v) is 5.45. The largest absolute Gasteiger partial charge is 0.462 e. The highest BCUT2D eigenvalue weighted by atomic mass is 19.3. The van der Waals surface area contributed by atoms with Crippen molar-refractivity contribution >= 4 is 11.6 Å². The molecule has 2 aromatic heterocycles. The third-order valence-electron chi connectivity index (χ3n) is 3.81. The lowest BCUT2D eigenvalue weighted by molar-refractivity contribution is 0.0519. The molecule has 0 radical (unpaired) electrons. The van der Waals surface area contributed by atoms with Crippen LogP contribution < -0.4 is 5.56 Å². The Bertz CT molecular complexity index is 1040. The quantitative estimate of drug-likeness (QED) is 0.561. The number of H-pyrrole nitrogens is 1. The predicted molar refractivity (Wildman–Crippen MR) is 91.3 cm³/mol. The lowest BCUT2D eigenvalue weighted by Crippen LogP contribution is -2.15. The number of rotatable bonds is 5. The van der Waals surface area contributed by atoms with Crippen molar-refractivity contribution in [3.8, 4) is 11.3 Å². The summed E-state index contributed by atoms with van der Waals surface area (Å²) in [5, 5.41) is 2.64. The molecule has 0 spiro atoms. The fourth-order valence-corrected chi connectivity index (χ4v) is 2.47. The van der Waals surface area contributed by atoms with Gasteiger partial charge in [-0.3, -0.25) is 9.89 Å². The van der Waals surface area contributed by atoms with Crippen molar-refractivity contribution in [1.82, 2.24) is 14.6 Å². The van der Waals surface area contributed by atoms with Crippen molar-refractivity contribution in [3.63, 3.8) is 0 Å². The van der Waals surface area contributed by atoms with E-state index in [1.54, 1.807) is 6.92 Å². The van der Waals surface area contributed by atoms with E-state index in [1.807, 2.05) is 0 Å². The number of carbonyl (C=O) groups excluding carboxylic acids is 1. The Labute approximate surface area is 146 Å². The first-order chi connectivity index (χ1) is 12.4. The molecule has 0 saturated heterocycles. The van der Waals surface area contributed by atoms with Crippen LogP contribution in [-0.4, -0.2) is 27.2 Å². The molecule has 0 aliphatic rings. The maximum absolute atomic E-state index is 13.6. The number of aromatic amines is 1. The van der Waals surface area contributed by atoms with Gasteiger partial charge in [-0.05, 0) is 13.0 Å². The second-order valence-electron chi connectivity index (χ2n) is 5.45. The van der Waals surface area contributed by atoms with Crippen LogP contribution in [0.5, 0.6) is 0 Å². The van der Waals surface area contributed by atoms with Crippen LogP contribution in [0.3, 0.4) is 0 Å². The molecule has 3 aromatic rings. The van der Waals surface area contributed by atoms with Crippen LogP contribution in [0.15, 0.2) is 54.0 Å². The van der Waals surface area contributed by atoms with E-state index in [9.17, 15) is 18.4 Å². The van der Waals surface area contributed by atoms with Crippen LogP contribution >= 0.6 is 0 Å². The average Bonchev–Trinajstić information content (AvgIpc) is 3.06. The fraction of sp³-hybridized carbons (Fsp3) is 0.167. The van der Waals surface area contributed by atoms with Gasteiger partial charge in [0.05, 0.1) is 12.3 Å². The SMILES string of the molecule is C=CC(F)(F)c1ccc(-c2cc(=O)n3[nH]cc(C(=O)OCC)c3n2)cc1. The predicted octanol–water partition coefficient (Wildman–Crippen LogP) is 3.14. The van der Waals surface area contributed by atoms with E-state index < -0.39 is 17.5 Å². The first-order valence-corrected chi connectivity index (χ1v) is 7.78. The maximum Gasteiger partial charge on any atom is 0.343 e. The molecule has 6 nitrogen and oxygen atoms in total. The summed E-state index contributed by atoms with van der Waals surface area (Å²) in [5.41, 5.74) is 0.272. The molecule has 26 heavy (non-hydrogen) atoms. The monoisotopic (exact) mass is 359 g/mol. The third kappa shape index (κ3) is 3.01. The number of carbonyl (C=O) groups is 1. The number of aromatic nitrogens is 3. The van der Waals surface area contributed by atoms with Gasteiger partial charge in [0.25, 0.3) is 11.5 Å². The molecular formula is C18H15F2N3O3. The van der Waals surface area contributed by atoms with Gasteiger partial charge in [0, 0.05) is 23.4 Å². The molecule has 1 aromatic carbocycles. The lowest BCUT2D eigenvalue weighted by atomic mass is 10.0. The minimum absolute atomic E-state index is 0.103. The van der Waals surface area contributed by atoms with Gasteiger partial charge in [-0.2, -0.15) is 8.78 Å². The fourth-order valence-electron chi connectivity index (χ4n) is 2.47. The van der Waals surface area contributed by atoms with Gasteiger partial charge in [0.1, 0.15) is 5.56 Å². The van der Waals surface area contributed by atoms with Crippen LogP contribution in [-0.2, 0) is 10.7 Å². The Morgan fingerprint density at radius 2 is 2.08 bits per heavy atom. The molecule has 8 heteroatoms. The number of benzene rings is 1. The second kappa shape index (κ2) is 6.55. The summed E-state index contributed by atoms with van der Waals surface area (Å²) in [7, 11) is 0. The van der Waals surface area contributed by atoms with E-state index in [2.05, 4.69) is 16.7 Å². The molecule has 0 saturated carbocycles. The molecule has 0 fully saturated rings. The zero-order valence-corrected chi connectivity index (χ0v) is 13.8. The Balaban J connectivity index is 2.08. The number of nitrogens with zero attached hydrogens (tertiary/aromatic N) is 2.